The molecule has 0 saturated carbocycles. The second-order valence-corrected chi connectivity index (χ2v) is 4.76. The van der Waals surface area contributed by atoms with Crippen LogP contribution in [0.2, 0.25) is 0 Å². The predicted molar refractivity (Wildman–Crippen MR) is 54.6 cm³/mol. The van der Waals surface area contributed by atoms with Crippen LogP contribution in [-0.4, -0.2) is 30.8 Å². The molecule has 0 fully saturated rings. The molecule has 0 aliphatic carbocycles. The molecule has 84 valence electrons. The number of carbonyl (C=O) groups excluding carboxylic acids is 1. The van der Waals surface area contributed by atoms with Gasteiger partial charge in [-0.25, -0.2) is 0 Å². The van der Waals surface area contributed by atoms with Crippen LogP contribution in [0.1, 0.15) is 27.7 Å². The van der Waals surface area contributed by atoms with Gasteiger partial charge in [-0.15, -0.1) is 0 Å². The van der Waals surface area contributed by atoms with Gasteiger partial charge in [0.05, 0.1) is 7.11 Å². The number of methoxy groups -OCH3 is 1. The van der Waals surface area contributed by atoms with Gasteiger partial charge in [-0.3, -0.25) is 4.79 Å². The molecule has 0 spiro atoms. The topological polar surface area (TPSA) is 72.5 Å². The molecule has 4 nitrogen and oxygen atoms in total. The Kier molecular flexibility index (Phi) is 4.09. The maximum atomic E-state index is 11.3. The minimum absolute atomic E-state index is 0.0231. The Morgan fingerprint density at radius 1 is 1.43 bits per heavy atom. The smallest absolute Gasteiger partial charge is 0.323 e. The normalized spacial score (nSPS) is 15.1. The van der Waals surface area contributed by atoms with E-state index >= 15 is 0 Å². The van der Waals surface area contributed by atoms with Crippen LogP contribution in [0.25, 0.3) is 0 Å². The maximum absolute atomic E-state index is 11.3. The van der Waals surface area contributed by atoms with Crippen LogP contribution in [0, 0.1) is 10.8 Å². The molecule has 4 heteroatoms. The summed E-state index contributed by atoms with van der Waals surface area (Å²) in [7, 11) is 1.31. The first-order chi connectivity index (χ1) is 6.20. The summed E-state index contributed by atoms with van der Waals surface area (Å²) < 4.78 is 4.59. The van der Waals surface area contributed by atoms with E-state index in [1.807, 2.05) is 27.7 Å². The van der Waals surface area contributed by atoms with Gasteiger partial charge in [0, 0.05) is 6.61 Å². The third-order valence-electron chi connectivity index (χ3n) is 3.37. The Morgan fingerprint density at radius 2 is 1.86 bits per heavy atom. The third kappa shape index (κ3) is 2.25. The van der Waals surface area contributed by atoms with E-state index in [4.69, 9.17) is 5.73 Å². The second-order valence-electron chi connectivity index (χ2n) is 4.76. The van der Waals surface area contributed by atoms with Gasteiger partial charge in [0.2, 0.25) is 0 Å². The van der Waals surface area contributed by atoms with Crippen LogP contribution in [0.15, 0.2) is 0 Å². The Balaban J connectivity index is 4.85. The Labute approximate surface area is 85.4 Å². The zero-order valence-corrected chi connectivity index (χ0v) is 9.63. The van der Waals surface area contributed by atoms with Crippen LogP contribution >= 0.6 is 0 Å². The highest BCUT2D eigenvalue weighted by atomic mass is 16.5. The molecule has 0 aromatic carbocycles. The molecule has 0 aromatic heterocycles. The number of nitrogens with two attached hydrogens (primary N) is 1. The Morgan fingerprint density at radius 3 is 2.14 bits per heavy atom. The number of hydrogen-bond donors (Lipinski definition) is 2. The minimum Gasteiger partial charge on any atom is -0.468 e. The minimum atomic E-state index is -0.727. The van der Waals surface area contributed by atoms with Crippen LogP contribution in [-0.2, 0) is 9.53 Å². The van der Waals surface area contributed by atoms with Crippen LogP contribution in [0.4, 0.5) is 0 Å². The second kappa shape index (κ2) is 4.28. The van der Waals surface area contributed by atoms with E-state index in [9.17, 15) is 9.90 Å². The van der Waals surface area contributed by atoms with E-state index in [-0.39, 0.29) is 6.61 Å². The quantitative estimate of drug-likeness (QED) is 0.654. The Hall–Kier alpha value is -0.610. The van der Waals surface area contributed by atoms with Crippen molar-refractivity contribution in [3.05, 3.63) is 0 Å². The Bertz CT molecular complexity index is 211. The van der Waals surface area contributed by atoms with Crippen molar-refractivity contribution in [2.24, 2.45) is 16.6 Å². The summed E-state index contributed by atoms with van der Waals surface area (Å²) >= 11 is 0. The van der Waals surface area contributed by atoms with Crippen LogP contribution in [0.5, 0.6) is 0 Å². The highest BCUT2D eigenvalue weighted by Crippen LogP contribution is 2.40. The van der Waals surface area contributed by atoms with Crippen molar-refractivity contribution in [3.8, 4) is 0 Å². The lowest BCUT2D eigenvalue weighted by Crippen LogP contribution is -2.53. The third-order valence-corrected chi connectivity index (χ3v) is 3.37. The van der Waals surface area contributed by atoms with Gasteiger partial charge >= 0.3 is 5.97 Å². The first kappa shape index (κ1) is 13.4. The molecule has 0 aromatic rings. The van der Waals surface area contributed by atoms with E-state index in [0.29, 0.717) is 0 Å². The molecule has 1 unspecified atom stereocenters. The lowest BCUT2D eigenvalue weighted by Gasteiger charge is -2.43. The van der Waals surface area contributed by atoms with Crippen LogP contribution < -0.4 is 5.73 Å². The number of rotatable bonds is 4. The molecule has 0 amide bonds. The molecule has 1 atom stereocenters. The summed E-state index contributed by atoms with van der Waals surface area (Å²) in [5.41, 5.74) is 4.83. The van der Waals surface area contributed by atoms with Crippen molar-refractivity contribution >= 4 is 5.97 Å². The first-order valence-corrected chi connectivity index (χ1v) is 4.65. The van der Waals surface area contributed by atoms with Crippen molar-refractivity contribution in [2.45, 2.75) is 33.7 Å². The first-order valence-electron chi connectivity index (χ1n) is 4.65. The molecule has 0 bridgehead atoms. The summed E-state index contributed by atoms with van der Waals surface area (Å²) in [4.78, 5) is 11.3. The monoisotopic (exact) mass is 203 g/mol. The largest absolute Gasteiger partial charge is 0.468 e. The van der Waals surface area contributed by atoms with Gasteiger partial charge in [-0.2, -0.15) is 0 Å². The molecule has 0 aliphatic heterocycles. The van der Waals surface area contributed by atoms with Crippen molar-refractivity contribution in [2.75, 3.05) is 13.7 Å². The zero-order valence-electron chi connectivity index (χ0n) is 9.63. The zero-order chi connectivity index (χ0) is 11.6. The van der Waals surface area contributed by atoms with Gasteiger partial charge in [-0.1, -0.05) is 27.7 Å². The van der Waals surface area contributed by atoms with Gasteiger partial charge in [0.25, 0.3) is 0 Å². The van der Waals surface area contributed by atoms with Crippen molar-refractivity contribution in [3.63, 3.8) is 0 Å². The average Bonchev–Trinajstić information content (AvgIpc) is 2.14. The fourth-order valence-corrected chi connectivity index (χ4v) is 1.05. The summed E-state index contributed by atoms with van der Waals surface area (Å²) in [5.74, 6) is -0.448. The molecule has 3 N–H and O–H groups in total. The van der Waals surface area contributed by atoms with Gasteiger partial charge < -0.3 is 15.6 Å². The fraction of sp³-hybridized carbons (Fsp3) is 0.900. The number of hydrogen-bond acceptors (Lipinski definition) is 4. The summed E-state index contributed by atoms with van der Waals surface area (Å²) in [6.07, 6.45) is 0. The summed E-state index contributed by atoms with van der Waals surface area (Å²) in [6.45, 7) is 7.42. The molecule has 0 aliphatic rings. The molecule has 0 rings (SSSR count). The van der Waals surface area contributed by atoms with Crippen LogP contribution in [0.3, 0.4) is 0 Å². The molecular weight excluding hydrogens is 182 g/mol. The average molecular weight is 203 g/mol. The van der Waals surface area contributed by atoms with Crippen molar-refractivity contribution < 1.29 is 14.6 Å². The predicted octanol–water partition coefficient (Wildman–Crippen LogP) is 0.531. The molecule has 14 heavy (non-hydrogen) atoms. The highest BCUT2D eigenvalue weighted by Gasteiger charge is 2.44. The van der Waals surface area contributed by atoms with Crippen molar-refractivity contribution in [1.82, 2.24) is 0 Å². The molecule has 0 saturated heterocycles. The van der Waals surface area contributed by atoms with E-state index in [2.05, 4.69) is 4.74 Å². The maximum Gasteiger partial charge on any atom is 0.323 e. The lowest BCUT2D eigenvalue weighted by atomic mass is 9.64. The summed E-state index contributed by atoms with van der Waals surface area (Å²) in [6, 6.07) is -0.727. The molecule has 0 radical (unpaired) electrons. The fourth-order valence-electron chi connectivity index (χ4n) is 1.05. The van der Waals surface area contributed by atoms with Crippen molar-refractivity contribution in [1.29, 1.82) is 0 Å². The van der Waals surface area contributed by atoms with Gasteiger partial charge in [-0.05, 0) is 10.8 Å². The van der Waals surface area contributed by atoms with Gasteiger partial charge in [0.1, 0.15) is 6.04 Å². The molecular formula is C10H21NO3. The van der Waals surface area contributed by atoms with E-state index in [0.717, 1.165) is 0 Å². The number of ether oxygens (including phenoxy) is 1. The molecule has 0 heterocycles. The van der Waals surface area contributed by atoms with E-state index in [1.165, 1.54) is 7.11 Å². The number of aliphatic hydroxyl groups excluding tert-OH is 1. The van der Waals surface area contributed by atoms with E-state index in [1.54, 1.807) is 0 Å². The number of aliphatic hydroxyl groups is 1. The number of carbonyl (C=O) groups is 1. The van der Waals surface area contributed by atoms with Gasteiger partial charge in [0.15, 0.2) is 0 Å². The standard InChI is InChI=1S/C10H21NO3/c1-9(2,6-12)10(3,4)7(11)8(13)14-5/h7,12H,6,11H2,1-5H3. The highest BCUT2D eigenvalue weighted by molar-refractivity contribution is 5.76. The number of esters is 1. The summed E-state index contributed by atoms with van der Waals surface area (Å²) in [5, 5.41) is 9.23. The van der Waals surface area contributed by atoms with E-state index < -0.39 is 22.8 Å². The SMILES string of the molecule is COC(=O)C(N)C(C)(C)C(C)(C)CO. The lowest BCUT2D eigenvalue weighted by molar-refractivity contribution is -0.148.